The van der Waals surface area contributed by atoms with Crippen molar-refractivity contribution in [2.75, 3.05) is 5.73 Å². The number of carbonyl (C=O) groups is 1. The Bertz CT molecular complexity index is 781. The first-order chi connectivity index (χ1) is 9.65. The number of amides is 1. The largest absolute Gasteiger partial charge is 0.397 e. The fourth-order valence-corrected chi connectivity index (χ4v) is 4.18. The van der Waals surface area contributed by atoms with E-state index in [0.29, 0.717) is 17.1 Å². The molecule has 0 spiro atoms. The Kier molecular flexibility index (Phi) is 3.73. The Morgan fingerprint density at radius 3 is 3.05 bits per heavy atom. The minimum atomic E-state index is -0.157. The maximum Gasteiger partial charge on any atom is 0.263 e. The lowest BCUT2D eigenvalue weighted by Gasteiger charge is -2.02. The van der Waals surface area contributed by atoms with Crippen molar-refractivity contribution in [1.29, 1.82) is 0 Å². The number of rotatable bonds is 3. The van der Waals surface area contributed by atoms with Crippen LogP contribution >= 0.6 is 38.6 Å². The maximum absolute atomic E-state index is 12.2. The summed E-state index contributed by atoms with van der Waals surface area (Å²) in [5.74, 6) is -0.157. The Labute approximate surface area is 131 Å². The summed E-state index contributed by atoms with van der Waals surface area (Å²) in [5, 5.41) is 5.70. The molecule has 3 rings (SSSR count). The average molecular weight is 368 g/mol. The van der Waals surface area contributed by atoms with Crippen molar-refractivity contribution in [3.8, 4) is 0 Å². The third kappa shape index (κ3) is 2.56. The molecule has 3 N–H and O–H groups in total. The minimum absolute atomic E-state index is 0.157. The van der Waals surface area contributed by atoms with Crippen molar-refractivity contribution in [1.82, 2.24) is 10.3 Å². The molecular formula is C13H10BrN3OS2. The van der Waals surface area contributed by atoms with Gasteiger partial charge in [-0.1, -0.05) is 0 Å². The second-order valence-corrected chi connectivity index (χ2v) is 7.03. The molecule has 0 fully saturated rings. The zero-order valence-corrected chi connectivity index (χ0v) is 13.4. The van der Waals surface area contributed by atoms with Gasteiger partial charge in [-0.2, -0.15) is 0 Å². The van der Waals surface area contributed by atoms with Gasteiger partial charge in [-0.15, -0.1) is 22.7 Å². The number of nitrogens with zero attached hydrogens (tertiary/aromatic N) is 1. The third-order valence-electron chi connectivity index (χ3n) is 2.76. The van der Waals surface area contributed by atoms with E-state index in [-0.39, 0.29) is 5.91 Å². The summed E-state index contributed by atoms with van der Waals surface area (Å²) in [6.45, 7) is 0.496. The molecule has 0 aliphatic rings. The lowest BCUT2D eigenvalue weighted by Crippen LogP contribution is -2.22. The Morgan fingerprint density at radius 1 is 1.50 bits per heavy atom. The van der Waals surface area contributed by atoms with Crippen LogP contribution < -0.4 is 11.1 Å². The van der Waals surface area contributed by atoms with Gasteiger partial charge in [0.1, 0.15) is 9.71 Å². The molecule has 3 aromatic rings. The molecular weight excluding hydrogens is 358 g/mol. The van der Waals surface area contributed by atoms with Crippen LogP contribution in [0.25, 0.3) is 10.2 Å². The Balaban J connectivity index is 1.80. The fraction of sp³-hybridized carbons (Fsp3) is 0.0769. The van der Waals surface area contributed by atoms with Gasteiger partial charge < -0.3 is 11.1 Å². The molecule has 3 heterocycles. The molecule has 4 nitrogen and oxygen atoms in total. The number of halogens is 1. The highest BCUT2D eigenvalue weighted by Gasteiger charge is 2.16. The van der Waals surface area contributed by atoms with Gasteiger partial charge in [0.15, 0.2) is 0 Å². The molecule has 3 aromatic heterocycles. The first kappa shape index (κ1) is 13.5. The van der Waals surface area contributed by atoms with Crippen molar-refractivity contribution in [3.05, 3.63) is 44.0 Å². The van der Waals surface area contributed by atoms with Crippen molar-refractivity contribution >= 4 is 60.4 Å². The summed E-state index contributed by atoms with van der Waals surface area (Å²) in [4.78, 5) is 18.8. The van der Waals surface area contributed by atoms with E-state index in [4.69, 9.17) is 5.73 Å². The van der Waals surface area contributed by atoms with E-state index >= 15 is 0 Å². The summed E-state index contributed by atoms with van der Waals surface area (Å²) >= 11 is 6.30. The van der Waals surface area contributed by atoms with Gasteiger partial charge in [-0.3, -0.25) is 4.79 Å². The van der Waals surface area contributed by atoms with E-state index in [2.05, 4.69) is 26.2 Å². The summed E-state index contributed by atoms with van der Waals surface area (Å²) in [6, 6.07) is 5.68. The van der Waals surface area contributed by atoms with Gasteiger partial charge >= 0.3 is 0 Å². The zero-order chi connectivity index (χ0) is 14.1. The second kappa shape index (κ2) is 5.51. The monoisotopic (exact) mass is 367 g/mol. The zero-order valence-electron chi connectivity index (χ0n) is 10.2. The number of carbonyl (C=O) groups excluding carboxylic acids is 1. The minimum Gasteiger partial charge on any atom is -0.397 e. The van der Waals surface area contributed by atoms with Crippen LogP contribution in [0.15, 0.2) is 34.2 Å². The number of pyridine rings is 1. The number of thiophene rings is 2. The Hall–Kier alpha value is -1.44. The molecule has 0 atom stereocenters. The summed E-state index contributed by atoms with van der Waals surface area (Å²) < 4.78 is 1.03. The number of aromatic nitrogens is 1. The van der Waals surface area contributed by atoms with E-state index in [9.17, 15) is 4.79 Å². The molecule has 20 heavy (non-hydrogen) atoms. The van der Waals surface area contributed by atoms with Crippen molar-refractivity contribution in [2.45, 2.75) is 6.54 Å². The molecule has 0 aromatic carbocycles. The lowest BCUT2D eigenvalue weighted by atomic mass is 10.2. The lowest BCUT2D eigenvalue weighted by molar-refractivity contribution is 0.0956. The van der Waals surface area contributed by atoms with Gasteiger partial charge in [0.25, 0.3) is 5.91 Å². The summed E-state index contributed by atoms with van der Waals surface area (Å²) in [5.41, 5.74) is 6.52. The van der Waals surface area contributed by atoms with Crippen LogP contribution in [0.3, 0.4) is 0 Å². The molecule has 0 aliphatic heterocycles. The molecule has 0 radical (unpaired) electrons. The van der Waals surface area contributed by atoms with Crippen LogP contribution in [0.1, 0.15) is 14.5 Å². The van der Waals surface area contributed by atoms with Gasteiger partial charge in [0.2, 0.25) is 0 Å². The molecule has 102 valence electrons. The quantitative estimate of drug-likeness (QED) is 0.742. The number of nitrogens with one attached hydrogen (secondary N) is 1. The fourth-order valence-electron chi connectivity index (χ4n) is 1.81. The topological polar surface area (TPSA) is 68.0 Å². The van der Waals surface area contributed by atoms with Crippen molar-refractivity contribution in [3.63, 3.8) is 0 Å². The smallest absolute Gasteiger partial charge is 0.263 e. The van der Waals surface area contributed by atoms with Gasteiger partial charge in [-0.05, 0) is 34.1 Å². The first-order valence-electron chi connectivity index (χ1n) is 5.79. The second-order valence-electron chi connectivity index (χ2n) is 4.11. The summed E-state index contributed by atoms with van der Waals surface area (Å²) in [7, 11) is 0. The normalized spacial score (nSPS) is 10.8. The van der Waals surface area contributed by atoms with Crippen LogP contribution in [0.2, 0.25) is 0 Å². The molecule has 7 heteroatoms. The molecule has 0 saturated carbocycles. The predicted octanol–water partition coefficient (Wildman–Crippen LogP) is 3.63. The molecule has 0 unspecified atom stereocenters. The van der Waals surface area contributed by atoms with Crippen LogP contribution in [0.5, 0.6) is 0 Å². The number of nitrogens with two attached hydrogens (primary N) is 1. The van der Waals surface area contributed by atoms with Crippen LogP contribution in [0.4, 0.5) is 5.69 Å². The SMILES string of the molecule is Nc1c(C(=O)NCc2cc(Br)cs2)sc2ncccc12. The highest BCUT2D eigenvalue weighted by Crippen LogP contribution is 2.31. The predicted molar refractivity (Wildman–Crippen MR) is 87.2 cm³/mol. The number of hydrogen-bond acceptors (Lipinski definition) is 5. The van der Waals surface area contributed by atoms with E-state index in [1.165, 1.54) is 11.3 Å². The first-order valence-corrected chi connectivity index (χ1v) is 8.28. The van der Waals surface area contributed by atoms with E-state index in [1.54, 1.807) is 17.5 Å². The molecule has 0 bridgehead atoms. The standard InChI is InChI=1S/C13H10BrN3OS2/c14-7-4-8(19-6-7)5-17-12(18)11-10(15)9-2-1-3-16-13(9)20-11/h1-4,6H,5,15H2,(H,17,18). The molecule has 0 aliphatic carbocycles. The third-order valence-corrected chi connectivity index (χ3v) is 5.58. The summed E-state index contributed by atoms with van der Waals surface area (Å²) in [6.07, 6.45) is 1.70. The average Bonchev–Trinajstić information content (AvgIpc) is 3.01. The Morgan fingerprint density at radius 2 is 2.35 bits per heavy atom. The van der Waals surface area contributed by atoms with Crippen molar-refractivity contribution < 1.29 is 4.79 Å². The number of hydrogen-bond donors (Lipinski definition) is 2. The van der Waals surface area contributed by atoms with Gasteiger partial charge in [-0.25, -0.2) is 4.98 Å². The number of anilines is 1. The van der Waals surface area contributed by atoms with Crippen LogP contribution in [-0.4, -0.2) is 10.9 Å². The number of fused-ring (bicyclic) bond motifs is 1. The highest BCUT2D eigenvalue weighted by atomic mass is 79.9. The highest BCUT2D eigenvalue weighted by molar-refractivity contribution is 9.10. The molecule has 1 amide bonds. The van der Waals surface area contributed by atoms with Gasteiger partial charge in [0, 0.05) is 26.3 Å². The molecule has 0 saturated heterocycles. The maximum atomic E-state index is 12.2. The van der Waals surface area contributed by atoms with E-state index < -0.39 is 0 Å². The van der Waals surface area contributed by atoms with Gasteiger partial charge in [0.05, 0.1) is 12.2 Å². The van der Waals surface area contributed by atoms with Crippen molar-refractivity contribution in [2.24, 2.45) is 0 Å². The van der Waals surface area contributed by atoms with E-state index in [1.807, 2.05) is 23.6 Å². The van der Waals surface area contributed by atoms with Crippen LogP contribution in [-0.2, 0) is 6.54 Å². The van der Waals surface area contributed by atoms with E-state index in [0.717, 1.165) is 19.6 Å². The van der Waals surface area contributed by atoms with Crippen LogP contribution in [0, 0.1) is 0 Å². The number of nitrogen functional groups attached to an aromatic ring is 1.